The first-order valence-electron chi connectivity index (χ1n) is 8.42. The van der Waals surface area contributed by atoms with Crippen LogP contribution in [-0.4, -0.2) is 37.3 Å². The van der Waals surface area contributed by atoms with E-state index < -0.39 is 41.4 Å². The van der Waals surface area contributed by atoms with Gasteiger partial charge in [-0.2, -0.15) is 8.78 Å². The van der Waals surface area contributed by atoms with Crippen LogP contribution in [0.2, 0.25) is 0 Å². The molecule has 0 radical (unpaired) electrons. The molecule has 1 fully saturated rings. The molecule has 148 valence electrons. The Morgan fingerprint density at radius 2 is 1.62 bits per heavy atom. The Morgan fingerprint density at radius 1 is 1.15 bits per heavy atom. The molecule has 0 unspecified atom stereocenters. The molecule has 0 bridgehead atoms. The molecule has 1 aromatic rings. The summed E-state index contributed by atoms with van der Waals surface area (Å²) in [4.78, 5) is 23.0. The van der Waals surface area contributed by atoms with Crippen LogP contribution in [0.3, 0.4) is 0 Å². The van der Waals surface area contributed by atoms with Crippen LogP contribution in [0, 0.1) is 29.2 Å². The third-order valence-corrected chi connectivity index (χ3v) is 3.54. The molecule has 1 aliphatic heterocycles. The van der Waals surface area contributed by atoms with E-state index in [1.54, 1.807) is 0 Å². The van der Waals surface area contributed by atoms with Crippen molar-refractivity contribution >= 4 is 12.3 Å². The maximum Gasteiger partial charge on any atom is 0.318 e. The van der Waals surface area contributed by atoms with Crippen molar-refractivity contribution in [2.45, 2.75) is 40.0 Å². The van der Waals surface area contributed by atoms with Gasteiger partial charge in [-0.1, -0.05) is 20.8 Å². The average Bonchev–Trinajstić information content (AvgIpc) is 2.62. The number of aldehydes is 1. The van der Waals surface area contributed by atoms with Crippen molar-refractivity contribution < 1.29 is 31.9 Å². The Hall–Kier alpha value is -1.96. The molecular weight excluding hydrogens is 354 g/mol. The maximum atomic E-state index is 12.9. The van der Waals surface area contributed by atoms with Gasteiger partial charge < -0.3 is 14.4 Å². The Bertz CT molecular complexity index is 552. The van der Waals surface area contributed by atoms with Crippen molar-refractivity contribution in [3.05, 3.63) is 29.3 Å². The topological polar surface area (TPSA) is 46.6 Å². The number of hydrogen-bond acceptors (Lipinski definition) is 4. The number of likely N-dealkylation sites (tertiary alicyclic amines) is 1. The smallest absolute Gasteiger partial charge is 0.318 e. The number of carbonyl (C=O) groups excluding carboxylic acids is 2. The normalized spacial score (nSPS) is 14.5. The molecule has 1 heterocycles. The van der Waals surface area contributed by atoms with E-state index in [1.807, 2.05) is 13.8 Å². The first-order valence-corrected chi connectivity index (χ1v) is 8.42. The molecule has 0 amide bonds. The second-order valence-electron chi connectivity index (χ2n) is 5.63. The van der Waals surface area contributed by atoms with Gasteiger partial charge in [0.15, 0.2) is 11.6 Å². The molecule has 1 aliphatic rings. The lowest BCUT2D eigenvalue weighted by atomic mass is 10.00. The zero-order chi connectivity index (χ0) is 20.3. The number of esters is 1. The highest BCUT2D eigenvalue weighted by Crippen LogP contribution is 2.26. The number of rotatable bonds is 3. The summed E-state index contributed by atoms with van der Waals surface area (Å²) in [6, 6.07) is -0.0261. The second kappa shape index (κ2) is 12.4. The van der Waals surface area contributed by atoms with Gasteiger partial charge in [0, 0.05) is 6.07 Å². The van der Waals surface area contributed by atoms with E-state index in [-0.39, 0.29) is 12.4 Å². The predicted octanol–water partition coefficient (Wildman–Crippen LogP) is 4.11. The Morgan fingerprint density at radius 3 is 2.00 bits per heavy atom. The summed E-state index contributed by atoms with van der Waals surface area (Å²) >= 11 is 0. The minimum absolute atomic E-state index is 0.0261. The Labute approximate surface area is 151 Å². The molecule has 1 saturated heterocycles. The summed E-state index contributed by atoms with van der Waals surface area (Å²) in [5.74, 6) is -8.91. The van der Waals surface area contributed by atoms with Crippen molar-refractivity contribution in [1.82, 2.24) is 4.90 Å². The van der Waals surface area contributed by atoms with E-state index in [0.29, 0.717) is 0 Å². The first kappa shape index (κ1) is 24.0. The molecule has 0 aromatic heterocycles. The van der Waals surface area contributed by atoms with Gasteiger partial charge >= 0.3 is 5.97 Å². The summed E-state index contributed by atoms with van der Waals surface area (Å²) < 4.78 is 55.0. The molecule has 0 aliphatic carbocycles. The Kier molecular flexibility index (Phi) is 11.5. The van der Waals surface area contributed by atoms with E-state index in [1.165, 1.54) is 25.9 Å². The molecule has 0 saturated carbocycles. The van der Waals surface area contributed by atoms with Gasteiger partial charge in [-0.25, -0.2) is 8.78 Å². The molecule has 0 N–H and O–H groups in total. The molecule has 0 atom stereocenters. The van der Waals surface area contributed by atoms with Crippen molar-refractivity contribution in [3.8, 4) is 5.75 Å². The molecule has 4 nitrogen and oxygen atoms in total. The van der Waals surface area contributed by atoms with Gasteiger partial charge in [-0.15, -0.1) is 0 Å². The zero-order valence-corrected chi connectivity index (χ0v) is 15.5. The van der Waals surface area contributed by atoms with Crippen LogP contribution < -0.4 is 4.74 Å². The molecule has 26 heavy (non-hydrogen) atoms. The third kappa shape index (κ3) is 7.95. The van der Waals surface area contributed by atoms with Crippen LogP contribution in [0.25, 0.3) is 0 Å². The molecule has 0 spiro atoms. The van der Waals surface area contributed by atoms with Crippen molar-refractivity contribution in [1.29, 1.82) is 0 Å². The summed E-state index contributed by atoms with van der Waals surface area (Å²) in [7, 11) is 2.20. The lowest BCUT2D eigenvalue weighted by Crippen LogP contribution is -2.28. The van der Waals surface area contributed by atoms with E-state index in [4.69, 9.17) is 0 Å². The number of ether oxygens (including phenoxy) is 1. The van der Waals surface area contributed by atoms with Gasteiger partial charge in [0.25, 0.3) is 0 Å². The van der Waals surface area contributed by atoms with E-state index >= 15 is 0 Å². The zero-order valence-electron chi connectivity index (χ0n) is 15.5. The Balaban J connectivity index is 0.000000522. The van der Waals surface area contributed by atoms with Crippen LogP contribution in [0.5, 0.6) is 5.75 Å². The number of benzene rings is 1. The number of hydrogen-bond donors (Lipinski definition) is 0. The van der Waals surface area contributed by atoms with Crippen LogP contribution in [0.1, 0.15) is 40.0 Å². The van der Waals surface area contributed by atoms with Crippen LogP contribution >= 0.6 is 0 Å². The minimum Gasteiger partial charge on any atom is -0.420 e. The SMILES string of the molecule is CC.CC1CCN(C)CC1.O=CCC(=O)Oc1c(F)c(F)cc(F)c1F. The van der Waals surface area contributed by atoms with Crippen LogP contribution in [0.4, 0.5) is 17.6 Å². The standard InChI is InChI=1S/C9H4F4O3.C7H15N.C2H6/c10-4-3-5(11)8(13)9(7(4)12)16-6(15)1-2-14;1-7-3-5-8(2)6-4-7;1-2/h2-3H,1H2;7H,3-6H2,1-2H3;1-2H3. The predicted molar refractivity (Wildman–Crippen MR) is 89.8 cm³/mol. The molecule has 8 heteroatoms. The highest BCUT2D eigenvalue weighted by atomic mass is 19.2. The number of carbonyl (C=O) groups is 2. The van der Waals surface area contributed by atoms with Crippen molar-refractivity contribution in [2.75, 3.05) is 20.1 Å². The second-order valence-corrected chi connectivity index (χ2v) is 5.63. The van der Waals surface area contributed by atoms with E-state index in [9.17, 15) is 27.2 Å². The lowest BCUT2D eigenvalue weighted by molar-refractivity contribution is -0.136. The minimum atomic E-state index is -1.84. The highest BCUT2D eigenvalue weighted by Gasteiger charge is 2.22. The quantitative estimate of drug-likeness (QED) is 0.198. The van der Waals surface area contributed by atoms with Gasteiger partial charge in [0.1, 0.15) is 12.7 Å². The summed E-state index contributed by atoms with van der Waals surface area (Å²) in [5.41, 5.74) is 0. The van der Waals surface area contributed by atoms with Gasteiger partial charge in [0.05, 0.1) is 0 Å². The summed E-state index contributed by atoms with van der Waals surface area (Å²) in [6.07, 6.45) is 2.14. The fraction of sp³-hybridized carbons (Fsp3) is 0.556. The number of nitrogens with zero attached hydrogens (tertiary/aromatic N) is 1. The van der Waals surface area contributed by atoms with Crippen molar-refractivity contribution in [3.63, 3.8) is 0 Å². The average molecular weight is 379 g/mol. The maximum absolute atomic E-state index is 12.9. The van der Waals surface area contributed by atoms with Crippen molar-refractivity contribution in [2.24, 2.45) is 5.92 Å². The molecular formula is C18H25F4NO3. The first-order chi connectivity index (χ1) is 12.3. The summed E-state index contributed by atoms with van der Waals surface area (Å²) in [6.45, 7) is 8.95. The van der Waals surface area contributed by atoms with Gasteiger partial charge in [-0.05, 0) is 38.9 Å². The van der Waals surface area contributed by atoms with Crippen LogP contribution in [0.15, 0.2) is 6.07 Å². The fourth-order valence-corrected chi connectivity index (χ4v) is 2.00. The molecule has 2 rings (SSSR count). The van der Waals surface area contributed by atoms with E-state index in [0.717, 1.165) is 5.92 Å². The number of halogens is 4. The fourth-order valence-electron chi connectivity index (χ4n) is 2.00. The highest BCUT2D eigenvalue weighted by molar-refractivity contribution is 5.85. The van der Waals surface area contributed by atoms with Gasteiger partial charge in [0.2, 0.25) is 17.4 Å². The third-order valence-electron chi connectivity index (χ3n) is 3.54. The van der Waals surface area contributed by atoms with Gasteiger partial charge in [-0.3, -0.25) is 4.79 Å². The summed E-state index contributed by atoms with van der Waals surface area (Å²) in [5, 5.41) is 0. The number of piperidine rings is 1. The molecule has 1 aromatic carbocycles. The van der Waals surface area contributed by atoms with Crippen LogP contribution in [-0.2, 0) is 9.59 Å². The monoisotopic (exact) mass is 379 g/mol. The van der Waals surface area contributed by atoms with E-state index in [2.05, 4.69) is 23.6 Å². The lowest BCUT2D eigenvalue weighted by Gasteiger charge is -2.26. The largest absolute Gasteiger partial charge is 0.420 e.